The first-order valence-corrected chi connectivity index (χ1v) is 12.5. The molecule has 2 aliphatic heterocycles. The Kier molecular flexibility index (Phi) is 7.53. The van der Waals surface area contributed by atoms with Crippen molar-refractivity contribution in [2.75, 3.05) is 13.1 Å². The molecular weight excluding hydrogens is 403 g/mol. The Bertz CT molecular complexity index is 582. The molecule has 31 heavy (non-hydrogen) atoms. The maximum Gasteiger partial charge on any atom is 0.391 e. The lowest BCUT2D eigenvalue weighted by atomic mass is 9.68. The van der Waals surface area contributed by atoms with Crippen LogP contribution < -0.4 is 27.0 Å². The smallest absolute Gasteiger partial charge is 0.328 e. The van der Waals surface area contributed by atoms with Crippen LogP contribution in [0.5, 0.6) is 0 Å². The summed E-state index contributed by atoms with van der Waals surface area (Å²) in [6, 6.07) is 0.135. The van der Waals surface area contributed by atoms with Crippen molar-refractivity contribution in [2.45, 2.75) is 102 Å². The third-order valence-electron chi connectivity index (χ3n) is 8.70. The van der Waals surface area contributed by atoms with Crippen molar-refractivity contribution in [1.82, 2.24) is 21.3 Å². The summed E-state index contributed by atoms with van der Waals surface area (Å²) in [5.41, 5.74) is 6.05. The van der Waals surface area contributed by atoms with Crippen molar-refractivity contribution in [3.05, 3.63) is 0 Å². The number of halogens is 3. The van der Waals surface area contributed by atoms with Crippen LogP contribution in [-0.2, 0) is 0 Å². The zero-order chi connectivity index (χ0) is 22.2. The minimum Gasteiger partial charge on any atom is -0.328 e. The molecule has 8 heteroatoms. The first-order chi connectivity index (χ1) is 14.7. The van der Waals surface area contributed by atoms with Gasteiger partial charge in [0.2, 0.25) is 0 Å². The number of rotatable bonds is 4. The molecule has 180 valence electrons. The number of hydrogen-bond acceptors (Lipinski definition) is 5. The van der Waals surface area contributed by atoms with Crippen molar-refractivity contribution >= 4 is 0 Å². The van der Waals surface area contributed by atoms with Crippen molar-refractivity contribution in [3.8, 4) is 0 Å². The molecule has 0 spiro atoms. The fraction of sp³-hybridized carbons (Fsp3) is 1.00. The summed E-state index contributed by atoms with van der Waals surface area (Å²) in [4.78, 5) is 0. The van der Waals surface area contributed by atoms with Gasteiger partial charge >= 0.3 is 6.18 Å². The molecular formula is C23H42F3N5. The summed E-state index contributed by atoms with van der Waals surface area (Å²) in [5, 5.41) is 14.6. The van der Waals surface area contributed by atoms with E-state index in [2.05, 4.69) is 35.1 Å². The lowest BCUT2D eigenvalue weighted by molar-refractivity contribution is -0.188. The second kappa shape index (κ2) is 9.84. The van der Waals surface area contributed by atoms with Gasteiger partial charge in [0.25, 0.3) is 0 Å². The summed E-state index contributed by atoms with van der Waals surface area (Å²) in [6.07, 6.45) is 3.36. The molecule has 5 nitrogen and oxygen atoms in total. The normalized spacial score (nSPS) is 43.9. The summed E-state index contributed by atoms with van der Waals surface area (Å²) in [6.45, 7) is 6.46. The van der Waals surface area contributed by atoms with Gasteiger partial charge in [-0.15, -0.1) is 0 Å². The Hall–Kier alpha value is -0.410. The Morgan fingerprint density at radius 2 is 1.68 bits per heavy atom. The van der Waals surface area contributed by atoms with E-state index in [0.717, 1.165) is 24.9 Å². The van der Waals surface area contributed by atoms with Crippen molar-refractivity contribution in [3.63, 3.8) is 0 Å². The van der Waals surface area contributed by atoms with E-state index in [1.807, 2.05) is 0 Å². The zero-order valence-corrected chi connectivity index (χ0v) is 19.1. The Balaban J connectivity index is 1.40. The topological polar surface area (TPSA) is 74.1 Å². The third kappa shape index (κ3) is 5.75. The van der Waals surface area contributed by atoms with Crippen LogP contribution in [0.3, 0.4) is 0 Å². The summed E-state index contributed by atoms with van der Waals surface area (Å²) >= 11 is 0. The number of alkyl halides is 3. The molecule has 2 aliphatic carbocycles. The lowest BCUT2D eigenvalue weighted by Crippen LogP contribution is -2.69. The first kappa shape index (κ1) is 23.7. The van der Waals surface area contributed by atoms with Crippen LogP contribution in [0.2, 0.25) is 0 Å². The van der Waals surface area contributed by atoms with E-state index < -0.39 is 12.1 Å². The lowest BCUT2D eigenvalue weighted by Gasteiger charge is -2.50. The fourth-order valence-electron chi connectivity index (χ4n) is 7.00. The predicted octanol–water partition coefficient (Wildman–Crippen LogP) is 2.92. The monoisotopic (exact) mass is 445 g/mol. The SMILES string of the molecule is CC1NC2CCC(C3CCNCC3)CC2C(NC(C)C2CC(C(F)(F)F)C[C@@H](N)C2)N1. The average molecular weight is 446 g/mol. The number of piperidine rings is 1. The minimum absolute atomic E-state index is 0.0129. The van der Waals surface area contributed by atoms with Gasteiger partial charge in [0.15, 0.2) is 0 Å². The third-order valence-corrected chi connectivity index (χ3v) is 8.70. The molecule has 2 heterocycles. The van der Waals surface area contributed by atoms with Crippen LogP contribution in [0.25, 0.3) is 0 Å². The predicted molar refractivity (Wildman–Crippen MR) is 117 cm³/mol. The van der Waals surface area contributed by atoms with Gasteiger partial charge in [0, 0.05) is 24.0 Å². The number of hydrogen-bond donors (Lipinski definition) is 5. The molecule has 0 aromatic carbocycles. The van der Waals surface area contributed by atoms with E-state index in [1.165, 1.54) is 32.1 Å². The average Bonchev–Trinajstić information content (AvgIpc) is 2.73. The van der Waals surface area contributed by atoms with Gasteiger partial charge in [-0.2, -0.15) is 13.2 Å². The highest BCUT2D eigenvalue weighted by atomic mass is 19.4. The standard InChI is InChI=1S/C23H42F3N5/c1-13(17-9-18(23(24,25)26)12-19(27)10-17)29-22-20-11-16(15-5-7-28-8-6-15)3-4-21(20)30-14(2)31-22/h13-22,28-31H,3-12,27H2,1-2H3/t13?,14?,16?,17?,18?,19-,20?,21?,22?/m0/s1. The van der Waals surface area contributed by atoms with Gasteiger partial charge in [0.05, 0.1) is 18.2 Å². The largest absolute Gasteiger partial charge is 0.391 e. The van der Waals surface area contributed by atoms with Crippen molar-refractivity contribution in [1.29, 1.82) is 0 Å². The molecule has 4 aliphatic rings. The van der Waals surface area contributed by atoms with Gasteiger partial charge in [-0.25, -0.2) is 0 Å². The number of nitrogens with one attached hydrogen (secondary N) is 4. The Labute approximate surface area is 185 Å². The van der Waals surface area contributed by atoms with Crippen molar-refractivity contribution < 1.29 is 13.2 Å². The van der Waals surface area contributed by atoms with E-state index in [-0.39, 0.29) is 43.2 Å². The van der Waals surface area contributed by atoms with Crippen LogP contribution in [0, 0.1) is 29.6 Å². The van der Waals surface area contributed by atoms with E-state index in [1.54, 1.807) is 0 Å². The van der Waals surface area contributed by atoms with Crippen LogP contribution in [0.15, 0.2) is 0 Å². The van der Waals surface area contributed by atoms with E-state index >= 15 is 0 Å². The molecule has 0 amide bonds. The molecule has 8 unspecified atom stereocenters. The number of fused-ring (bicyclic) bond motifs is 1. The summed E-state index contributed by atoms with van der Waals surface area (Å²) in [5.74, 6) is 0.742. The van der Waals surface area contributed by atoms with Crippen LogP contribution in [0.4, 0.5) is 13.2 Å². The summed E-state index contributed by atoms with van der Waals surface area (Å²) in [7, 11) is 0. The maximum atomic E-state index is 13.4. The van der Waals surface area contributed by atoms with E-state index in [9.17, 15) is 13.2 Å². The maximum absolute atomic E-state index is 13.4. The van der Waals surface area contributed by atoms with E-state index in [4.69, 9.17) is 5.73 Å². The fourth-order valence-corrected chi connectivity index (χ4v) is 7.00. The second-order valence-electron chi connectivity index (χ2n) is 10.9. The van der Waals surface area contributed by atoms with Gasteiger partial charge in [-0.05, 0) is 96.1 Å². The van der Waals surface area contributed by atoms with Crippen LogP contribution in [0.1, 0.15) is 65.2 Å². The van der Waals surface area contributed by atoms with Gasteiger partial charge in [-0.1, -0.05) is 0 Å². The van der Waals surface area contributed by atoms with Gasteiger partial charge < -0.3 is 11.1 Å². The van der Waals surface area contributed by atoms with Crippen molar-refractivity contribution in [2.24, 2.45) is 35.3 Å². The highest BCUT2D eigenvalue weighted by Crippen LogP contribution is 2.42. The van der Waals surface area contributed by atoms with Crippen LogP contribution in [-0.4, -0.2) is 49.7 Å². The molecule has 0 aromatic heterocycles. The van der Waals surface area contributed by atoms with E-state index in [0.29, 0.717) is 18.4 Å². The molecule has 0 aromatic rings. The van der Waals surface area contributed by atoms with Gasteiger partial charge in [-0.3, -0.25) is 16.0 Å². The molecule has 0 radical (unpaired) electrons. The zero-order valence-electron chi connectivity index (χ0n) is 19.1. The number of nitrogens with two attached hydrogens (primary N) is 1. The molecule has 2 saturated heterocycles. The minimum atomic E-state index is -4.14. The molecule has 0 bridgehead atoms. The highest BCUT2D eigenvalue weighted by molar-refractivity contribution is 4.99. The second-order valence-corrected chi connectivity index (χ2v) is 10.9. The highest BCUT2D eigenvalue weighted by Gasteiger charge is 2.46. The molecule has 2 saturated carbocycles. The van der Waals surface area contributed by atoms with Crippen LogP contribution >= 0.6 is 0 Å². The molecule has 9 atom stereocenters. The Morgan fingerprint density at radius 1 is 0.935 bits per heavy atom. The quantitative estimate of drug-likeness (QED) is 0.460. The summed E-state index contributed by atoms with van der Waals surface area (Å²) < 4.78 is 40.2. The Morgan fingerprint density at radius 3 is 2.39 bits per heavy atom. The molecule has 4 fully saturated rings. The molecule has 4 rings (SSSR count). The molecule has 6 N–H and O–H groups in total. The van der Waals surface area contributed by atoms with Gasteiger partial charge in [0.1, 0.15) is 0 Å². The first-order valence-electron chi connectivity index (χ1n) is 12.5.